The van der Waals surface area contributed by atoms with E-state index in [1.54, 1.807) is 0 Å². The first-order valence-corrected chi connectivity index (χ1v) is 7.59. The molecule has 0 aliphatic heterocycles. The van der Waals surface area contributed by atoms with E-state index < -0.39 is 0 Å². The van der Waals surface area contributed by atoms with E-state index in [0.717, 1.165) is 23.0 Å². The molecule has 1 aromatic carbocycles. The Balaban J connectivity index is 0.00000324. The van der Waals surface area contributed by atoms with Gasteiger partial charge in [0, 0.05) is 16.6 Å². The van der Waals surface area contributed by atoms with Gasteiger partial charge in [-0.25, -0.2) is 0 Å². The van der Waals surface area contributed by atoms with Crippen LogP contribution < -0.4 is 5.73 Å². The second-order valence-electron chi connectivity index (χ2n) is 4.54. The third-order valence-corrected chi connectivity index (χ3v) is 3.46. The summed E-state index contributed by atoms with van der Waals surface area (Å²) in [7, 11) is 0. The van der Waals surface area contributed by atoms with Crippen molar-refractivity contribution in [1.82, 2.24) is 0 Å². The lowest BCUT2D eigenvalue weighted by Crippen LogP contribution is -2.13. The lowest BCUT2D eigenvalue weighted by atomic mass is 10.1. The number of hydrogen-bond acceptors (Lipinski definition) is 1. The summed E-state index contributed by atoms with van der Waals surface area (Å²) < 4.78 is 1.06. The van der Waals surface area contributed by atoms with Crippen molar-refractivity contribution in [3.05, 3.63) is 34.3 Å². The van der Waals surface area contributed by atoms with E-state index in [-0.39, 0.29) is 5.48 Å². The average molecular weight is 329 g/mol. The van der Waals surface area contributed by atoms with Crippen LogP contribution in [-0.4, -0.2) is 17.9 Å². The molecule has 0 radical (unpaired) electrons. The predicted molar refractivity (Wildman–Crippen MR) is 86.7 cm³/mol. The molecule has 3 nitrogen and oxygen atoms in total. The first-order valence-electron chi connectivity index (χ1n) is 6.80. The molecule has 0 atom stereocenters. The Morgan fingerprint density at radius 2 is 1.63 bits per heavy atom. The van der Waals surface area contributed by atoms with E-state index in [1.807, 2.05) is 24.3 Å². The van der Waals surface area contributed by atoms with Crippen molar-refractivity contribution in [2.75, 3.05) is 6.54 Å². The van der Waals surface area contributed by atoms with E-state index in [0.29, 0.717) is 5.84 Å². The SMILES string of the molecule is CCCCCCCCN=C(N)c1ccc(Br)cc1.O. The largest absolute Gasteiger partial charge is 0.412 e. The van der Waals surface area contributed by atoms with Gasteiger partial charge in [-0.05, 0) is 18.6 Å². The minimum absolute atomic E-state index is 0. The third kappa shape index (κ3) is 8.01. The summed E-state index contributed by atoms with van der Waals surface area (Å²) in [6.45, 7) is 3.08. The molecule has 0 amide bonds. The zero-order valence-electron chi connectivity index (χ0n) is 11.7. The molecule has 4 N–H and O–H groups in total. The number of amidine groups is 1. The first kappa shape index (κ1) is 18.1. The minimum atomic E-state index is 0. The quantitative estimate of drug-likeness (QED) is 0.441. The molecule has 0 saturated heterocycles. The Hall–Kier alpha value is -0.870. The fourth-order valence-corrected chi connectivity index (χ4v) is 2.07. The summed E-state index contributed by atoms with van der Waals surface area (Å²) in [4.78, 5) is 4.42. The van der Waals surface area contributed by atoms with Crippen molar-refractivity contribution >= 4 is 21.8 Å². The molecule has 0 aromatic heterocycles. The molecule has 19 heavy (non-hydrogen) atoms. The molecular formula is C15H25BrN2O. The summed E-state index contributed by atoms with van der Waals surface area (Å²) in [5.74, 6) is 0.649. The van der Waals surface area contributed by atoms with Crippen LogP contribution in [0.15, 0.2) is 33.7 Å². The van der Waals surface area contributed by atoms with Crippen molar-refractivity contribution < 1.29 is 5.48 Å². The fourth-order valence-electron chi connectivity index (χ4n) is 1.80. The molecule has 1 aromatic rings. The van der Waals surface area contributed by atoms with Crippen molar-refractivity contribution in [1.29, 1.82) is 0 Å². The first-order chi connectivity index (χ1) is 8.74. The van der Waals surface area contributed by atoms with Gasteiger partial charge in [0.25, 0.3) is 0 Å². The van der Waals surface area contributed by atoms with Gasteiger partial charge in [0.2, 0.25) is 0 Å². The topological polar surface area (TPSA) is 69.9 Å². The number of benzene rings is 1. The molecule has 0 fully saturated rings. The normalized spacial score (nSPS) is 11.2. The maximum atomic E-state index is 5.94. The van der Waals surface area contributed by atoms with E-state index in [9.17, 15) is 0 Å². The number of hydrogen-bond donors (Lipinski definition) is 1. The summed E-state index contributed by atoms with van der Waals surface area (Å²) in [5.41, 5.74) is 6.95. The minimum Gasteiger partial charge on any atom is -0.412 e. The molecule has 0 aliphatic rings. The van der Waals surface area contributed by atoms with Gasteiger partial charge in [-0.15, -0.1) is 0 Å². The van der Waals surface area contributed by atoms with Gasteiger partial charge < -0.3 is 11.2 Å². The summed E-state index contributed by atoms with van der Waals surface area (Å²) in [6, 6.07) is 7.96. The molecule has 0 aliphatic carbocycles. The predicted octanol–water partition coefficient (Wildman–Crippen LogP) is 3.69. The number of nitrogens with two attached hydrogens (primary N) is 1. The van der Waals surface area contributed by atoms with E-state index in [4.69, 9.17) is 5.73 Å². The highest BCUT2D eigenvalue weighted by atomic mass is 79.9. The Morgan fingerprint density at radius 3 is 2.26 bits per heavy atom. The molecule has 0 unspecified atom stereocenters. The highest BCUT2D eigenvalue weighted by Crippen LogP contribution is 2.10. The standard InChI is InChI=1S/C15H23BrN2.H2O/c1-2-3-4-5-6-7-12-18-15(17)13-8-10-14(16)11-9-13;/h8-11H,2-7,12H2,1H3,(H2,17,18);1H2. The summed E-state index contributed by atoms with van der Waals surface area (Å²) in [5, 5.41) is 0. The monoisotopic (exact) mass is 328 g/mol. The maximum absolute atomic E-state index is 5.94. The Morgan fingerprint density at radius 1 is 1.05 bits per heavy atom. The number of nitrogens with zero attached hydrogens (tertiary/aromatic N) is 1. The molecule has 108 valence electrons. The van der Waals surface area contributed by atoms with Crippen LogP contribution in [0.3, 0.4) is 0 Å². The molecule has 0 bridgehead atoms. The number of unbranched alkanes of at least 4 members (excludes halogenated alkanes) is 5. The smallest absolute Gasteiger partial charge is 0.125 e. The Bertz CT molecular complexity index is 363. The van der Waals surface area contributed by atoms with Gasteiger partial charge in [0.05, 0.1) is 0 Å². The lowest BCUT2D eigenvalue weighted by Gasteiger charge is -2.02. The van der Waals surface area contributed by atoms with Crippen molar-refractivity contribution in [2.24, 2.45) is 10.7 Å². The average Bonchev–Trinajstić information content (AvgIpc) is 2.38. The van der Waals surface area contributed by atoms with Crippen LogP contribution in [0.5, 0.6) is 0 Å². The van der Waals surface area contributed by atoms with Crippen LogP contribution in [0.4, 0.5) is 0 Å². The van der Waals surface area contributed by atoms with E-state index in [1.165, 1.54) is 32.1 Å². The van der Waals surface area contributed by atoms with E-state index in [2.05, 4.69) is 27.8 Å². The van der Waals surface area contributed by atoms with Gasteiger partial charge in [0.1, 0.15) is 5.84 Å². The van der Waals surface area contributed by atoms with Gasteiger partial charge in [-0.1, -0.05) is 67.1 Å². The van der Waals surface area contributed by atoms with Crippen LogP contribution >= 0.6 is 15.9 Å². The van der Waals surface area contributed by atoms with Gasteiger partial charge in [0.15, 0.2) is 0 Å². The molecular weight excluding hydrogens is 304 g/mol. The third-order valence-electron chi connectivity index (χ3n) is 2.93. The van der Waals surface area contributed by atoms with Crippen LogP contribution in [0.2, 0.25) is 0 Å². The van der Waals surface area contributed by atoms with Gasteiger partial charge >= 0.3 is 0 Å². The highest BCUT2D eigenvalue weighted by Gasteiger charge is 1.97. The Labute approximate surface area is 124 Å². The second kappa shape index (κ2) is 11.0. The summed E-state index contributed by atoms with van der Waals surface area (Å²) in [6.07, 6.45) is 7.72. The zero-order chi connectivity index (χ0) is 13.2. The fraction of sp³-hybridized carbons (Fsp3) is 0.533. The van der Waals surface area contributed by atoms with Crippen LogP contribution in [-0.2, 0) is 0 Å². The number of aliphatic imine (C=N–C) groups is 1. The summed E-state index contributed by atoms with van der Waals surface area (Å²) >= 11 is 3.41. The number of halogens is 1. The molecule has 0 heterocycles. The molecule has 1 rings (SSSR count). The van der Waals surface area contributed by atoms with Gasteiger partial charge in [-0.2, -0.15) is 0 Å². The number of rotatable bonds is 8. The molecule has 0 saturated carbocycles. The van der Waals surface area contributed by atoms with Crippen LogP contribution in [0.25, 0.3) is 0 Å². The molecule has 4 heteroatoms. The zero-order valence-corrected chi connectivity index (χ0v) is 13.2. The second-order valence-corrected chi connectivity index (χ2v) is 5.46. The van der Waals surface area contributed by atoms with Gasteiger partial charge in [-0.3, -0.25) is 4.99 Å². The van der Waals surface area contributed by atoms with Crippen molar-refractivity contribution in [3.8, 4) is 0 Å². The van der Waals surface area contributed by atoms with Crippen LogP contribution in [0.1, 0.15) is 51.0 Å². The van der Waals surface area contributed by atoms with E-state index >= 15 is 0 Å². The van der Waals surface area contributed by atoms with Crippen molar-refractivity contribution in [2.45, 2.75) is 45.4 Å². The van der Waals surface area contributed by atoms with Crippen LogP contribution in [0, 0.1) is 0 Å². The maximum Gasteiger partial charge on any atom is 0.125 e. The highest BCUT2D eigenvalue weighted by molar-refractivity contribution is 9.10. The molecule has 0 spiro atoms. The van der Waals surface area contributed by atoms with Crippen molar-refractivity contribution in [3.63, 3.8) is 0 Å². The Kier molecular flexibility index (Phi) is 10.5. The lowest BCUT2D eigenvalue weighted by molar-refractivity contribution is 0.612.